The number of carbonyl (C=O) groups is 1. The normalized spacial score (nSPS) is 10.7. The highest BCUT2D eigenvalue weighted by Crippen LogP contribution is 2.31. The van der Waals surface area contributed by atoms with Crippen LogP contribution in [0.15, 0.2) is 48.5 Å². The van der Waals surface area contributed by atoms with E-state index in [1.807, 2.05) is 6.07 Å². The summed E-state index contributed by atoms with van der Waals surface area (Å²) >= 11 is 0. The Bertz CT molecular complexity index is 1400. The van der Waals surface area contributed by atoms with Crippen molar-refractivity contribution in [3.63, 3.8) is 0 Å². The second kappa shape index (κ2) is 10.0. The van der Waals surface area contributed by atoms with Crippen molar-refractivity contribution in [3.8, 4) is 28.8 Å². The van der Waals surface area contributed by atoms with Crippen LogP contribution in [0.3, 0.4) is 0 Å². The monoisotopic (exact) mass is 478 g/mol. The molecule has 12 nitrogen and oxygen atoms in total. The molecule has 0 bridgehead atoms. The fourth-order valence-electron chi connectivity index (χ4n) is 3.43. The average molecular weight is 478 g/mol. The van der Waals surface area contributed by atoms with Gasteiger partial charge >= 0.3 is 0 Å². The number of nitrogens with one attached hydrogen (secondary N) is 1. The maximum Gasteiger partial charge on any atom is 0.272 e. The summed E-state index contributed by atoms with van der Waals surface area (Å²) in [5.74, 6) is 1.60. The number of ether oxygens (including phenoxy) is 3. The number of fused-ring (bicyclic) bond motifs is 1. The zero-order valence-corrected chi connectivity index (χ0v) is 19.2. The van der Waals surface area contributed by atoms with Crippen LogP contribution in [0, 0.1) is 17.0 Å². The molecular weight excluding hydrogens is 456 g/mol. The molecule has 0 saturated carbocycles. The standard InChI is InChI=1S/C23H22N6O6/c1-14-12-16(4-6-17(14)29(31)32)23(30)24-10-11-35-21-9-8-20-25-26-22(28(20)27-21)15-5-7-18(33-2)19(13-15)34-3/h4-9,12-13H,10-11H2,1-3H3,(H,24,30). The number of nitro groups is 1. The summed E-state index contributed by atoms with van der Waals surface area (Å²) < 4.78 is 17.9. The van der Waals surface area contributed by atoms with Crippen LogP contribution in [0.1, 0.15) is 15.9 Å². The molecule has 0 aliphatic heterocycles. The predicted molar refractivity (Wildman–Crippen MR) is 125 cm³/mol. The Labute approximate surface area is 199 Å². The number of benzene rings is 2. The van der Waals surface area contributed by atoms with Crippen LogP contribution >= 0.6 is 0 Å². The molecule has 0 aliphatic rings. The molecule has 2 heterocycles. The Morgan fingerprint density at radius 3 is 2.57 bits per heavy atom. The quantitative estimate of drug-likeness (QED) is 0.218. The highest BCUT2D eigenvalue weighted by atomic mass is 16.6. The molecule has 1 N–H and O–H groups in total. The molecule has 1 amide bonds. The average Bonchev–Trinajstić information content (AvgIpc) is 3.29. The van der Waals surface area contributed by atoms with Gasteiger partial charge in [-0.1, -0.05) is 0 Å². The van der Waals surface area contributed by atoms with Crippen molar-refractivity contribution in [2.45, 2.75) is 6.92 Å². The summed E-state index contributed by atoms with van der Waals surface area (Å²) in [6, 6.07) is 13.0. The van der Waals surface area contributed by atoms with Gasteiger partial charge in [-0.15, -0.1) is 15.3 Å². The Morgan fingerprint density at radius 1 is 1.06 bits per heavy atom. The molecule has 4 aromatic rings. The molecule has 0 aliphatic carbocycles. The van der Waals surface area contributed by atoms with Crippen molar-refractivity contribution in [3.05, 3.63) is 69.8 Å². The van der Waals surface area contributed by atoms with Crippen LogP contribution in [0.25, 0.3) is 17.0 Å². The number of rotatable bonds is 9. The molecule has 0 saturated heterocycles. The number of carbonyl (C=O) groups excluding carboxylic acids is 1. The number of hydrogen-bond donors (Lipinski definition) is 1. The molecule has 180 valence electrons. The molecule has 0 radical (unpaired) electrons. The Kier molecular flexibility index (Phi) is 6.71. The maximum atomic E-state index is 12.3. The summed E-state index contributed by atoms with van der Waals surface area (Å²) in [6.07, 6.45) is 0. The number of aromatic nitrogens is 4. The second-order valence-corrected chi connectivity index (χ2v) is 7.40. The molecule has 0 atom stereocenters. The highest BCUT2D eigenvalue weighted by Gasteiger charge is 2.15. The highest BCUT2D eigenvalue weighted by molar-refractivity contribution is 5.94. The van der Waals surface area contributed by atoms with Gasteiger partial charge < -0.3 is 19.5 Å². The summed E-state index contributed by atoms with van der Waals surface area (Å²) in [7, 11) is 3.11. The third-order valence-electron chi connectivity index (χ3n) is 5.17. The number of methoxy groups -OCH3 is 2. The van der Waals surface area contributed by atoms with E-state index in [9.17, 15) is 14.9 Å². The Hall–Kier alpha value is -4.74. The van der Waals surface area contributed by atoms with E-state index < -0.39 is 4.92 Å². The molecular formula is C23H22N6O6. The molecule has 2 aromatic carbocycles. The summed E-state index contributed by atoms with van der Waals surface area (Å²) in [4.78, 5) is 22.8. The number of nitrogens with zero attached hydrogens (tertiary/aromatic N) is 5. The zero-order chi connectivity index (χ0) is 24.9. The van der Waals surface area contributed by atoms with E-state index in [4.69, 9.17) is 14.2 Å². The molecule has 4 rings (SSSR count). The molecule has 0 unspecified atom stereocenters. The van der Waals surface area contributed by atoms with E-state index in [0.29, 0.717) is 40.0 Å². The van der Waals surface area contributed by atoms with Crippen molar-refractivity contribution in [1.29, 1.82) is 0 Å². The van der Waals surface area contributed by atoms with Gasteiger partial charge in [0.15, 0.2) is 23.0 Å². The lowest BCUT2D eigenvalue weighted by Crippen LogP contribution is -2.28. The van der Waals surface area contributed by atoms with Crippen LogP contribution in [0.5, 0.6) is 17.4 Å². The van der Waals surface area contributed by atoms with Gasteiger partial charge in [0.2, 0.25) is 5.88 Å². The van der Waals surface area contributed by atoms with E-state index in [2.05, 4.69) is 20.6 Å². The van der Waals surface area contributed by atoms with E-state index in [1.165, 1.54) is 18.2 Å². The fourth-order valence-corrected chi connectivity index (χ4v) is 3.43. The first-order valence-corrected chi connectivity index (χ1v) is 10.5. The fraction of sp³-hybridized carbons (Fsp3) is 0.217. The van der Waals surface area contributed by atoms with Crippen molar-refractivity contribution < 1.29 is 23.9 Å². The maximum absolute atomic E-state index is 12.3. The Morgan fingerprint density at radius 2 is 1.86 bits per heavy atom. The van der Waals surface area contributed by atoms with Crippen LogP contribution in [0.4, 0.5) is 5.69 Å². The van der Waals surface area contributed by atoms with E-state index >= 15 is 0 Å². The molecule has 12 heteroatoms. The van der Waals surface area contributed by atoms with Gasteiger partial charge in [-0.3, -0.25) is 14.9 Å². The van der Waals surface area contributed by atoms with Gasteiger partial charge in [-0.25, -0.2) is 0 Å². The number of amides is 1. The topological polar surface area (TPSA) is 143 Å². The van der Waals surface area contributed by atoms with E-state index in [0.717, 1.165) is 5.56 Å². The van der Waals surface area contributed by atoms with Gasteiger partial charge in [-0.2, -0.15) is 4.52 Å². The molecule has 35 heavy (non-hydrogen) atoms. The van der Waals surface area contributed by atoms with Gasteiger partial charge in [0.1, 0.15) is 6.61 Å². The summed E-state index contributed by atoms with van der Waals surface area (Å²) in [5, 5.41) is 26.4. The minimum Gasteiger partial charge on any atom is -0.493 e. The van der Waals surface area contributed by atoms with Gasteiger partial charge in [0.25, 0.3) is 11.6 Å². The van der Waals surface area contributed by atoms with E-state index in [1.54, 1.807) is 49.9 Å². The van der Waals surface area contributed by atoms with Crippen molar-refractivity contribution in [2.75, 3.05) is 27.4 Å². The third-order valence-corrected chi connectivity index (χ3v) is 5.17. The SMILES string of the molecule is COc1ccc(-c2nnc3ccc(OCCNC(=O)c4ccc([N+](=O)[O-])c(C)c4)nn23)cc1OC. The summed E-state index contributed by atoms with van der Waals surface area (Å²) in [5.41, 5.74) is 1.97. The van der Waals surface area contributed by atoms with Crippen LogP contribution in [0.2, 0.25) is 0 Å². The largest absolute Gasteiger partial charge is 0.493 e. The van der Waals surface area contributed by atoms with Crippen molar-refractivity contribution in [1.82, 2.24) is 25.1 Å². The zero-order valence-electron chi connectivity index (χ0n) is 19.2. The van der Waals surface area contributed by atoms with Crippen LogP contribution in [-0.2, 0) is 0 Å². The minimum atomic E-state index is -0.485. The first-order chi connectivity index (χ1) is 16.9. The lowest BCUT2D eigenvalue weighted by atomic mass is 10.1. The van der Waals surface area contributed by atoms with Gasteiger partial charge in [0, 0.05) is 28.8 Å². The van der Waals surface area contributed by atoms with E-state index in [-0.39, 0.29) is 24.7 Å². The smallest absolute Gasteiger partial charge is 0.272 e. The van der Waals surface area contributed by atoms with Crippen molar-refractivity contribution >= 4 is 17.2 Å². The molecule has 0 spiro atoms. The number of aryl methyl sites for hydroxylation is 1. The first-order valence-electron chi connectivity index (χ1n) is 10.5. The lowest BCUT2D eigenvalue weighted by molar-refractivity contribution is -0.385. The van der Waals surface area contributed by atoms with Gasteiger partial charge in [0.05, 0.1) is 25.7 Å². The molecule has 0 fully saturated rings. The second-order valence-electron chi connectivity index (χ2n) is 7.40. The molecule has 2 aromatic heterocycles. The first kappa shape index (κ1) is 23.4. The predicted octanol–water partition coefficient (Wildman–Crippen LogP) is 2.83. The van der Waals surface area contributed by atoms with Gasteiger partial charge in [-0.05, 0) is 43.3 Å². The summed E-state index contributed by atoms with van der Waals surface area (Å²) in [6.45, 7) is 1.95. The number of hydrogen-bond acceptors (Lipinski definition) is 9. The van der Waals surface area contributed by atoms with Crippen LogP contribution in [-0.4, -0.2) is 58.0 Å². The lowest BCUT2D eigenvalue weighted by Gasteiger charge is -2.09. The minimum absolute atomic E-state index is 0.0344. The number of nitro benzene ring substituents is 1. The van der Waals surface area contributed by atoms with Crippen LogP contribution < -0.4 is 19.5 Å². The van der Waals surface area contributed by atoms with Crippen molar-refractivity contribution in [2.24, 2.45) is 0 Å². The third kappa shape index (κ3) is 4.95. The Balaban J connectivity index is 1.41.